The predicted octanol–water partition coefficient (Wildman–Crippen LogP) is 3.27. The summed E-state index contributed by atoms with van der Waals surface area (Å²) in [5.74, 6) is 2.77. The van der Waals surface area contributed by atoms with Gasteiger partial charge in [0.2, 0.25) is 10.0 Å². The molecule has 0 saturated carbocycles. The van der Waals surface area contributed by atoms with Crippen LogP contribution < -0.4 is 10.1 Å². The molecule has 0 spiro atoms. The molecule has 4 aromatic heterocycles. The minimum atomic E-state index is -3.19. The van der Waals surface area contributed by atoms with Gasteiger partial charge in [0.1, 0.15) is 23.5 Å². The Labute approximate surface area is 204 Å². The summed E-state index contributed by atoms with van der Waals surface area (Å²) in [6, 6.07) is 9.81. The average molecular weight is 494 g/mol. The number of aryl methyl sites for hydroxylation is 3. The lowest BCUT2D eigenvalue weighted by atomic mass is 10.1. The number of ether oxygens (including phenoxy) is 1. The third kappa shape index (κ3) is 4.96. The summed E-state index contributed by atoms with van der Waals surface area (Å²) in [6.07, 6.45) is 3.81. The van der Waals surface area contributed by atoms with E-state index in [1.54, 1.807) is 17.8 Å². The van der Waals surface area contributed by atoms with E-state index in [2.05, 4.69) is 25.4 Å². The molecule has 1 atom stereocenters. The molecule has 0 radical (unpaired) electrons. The Kier molecular flexibility index (Phi) is 5.89. The standard InChI is InChI=1S/C24H27N7O3S/c1-15-9-21(22(13-25-15)34-20-6-8-35(32,33)30(4)14-20)18-5-7-31-19(11-18)12-24(29-31)28-23-10-16(2)26-17(3)27-23/h5,7,9-13,20H,6,8,14H2,1-4H3,(H,26,27,28,29). The Hall–Kier alpha value is -3.57. The minimum Gasteiger partial charge on any atom is -0.487 e. The van der Waals surface area contributed by atoms with Crippen LogP contribution in [0.3, 0.4) is 0 Å². The fourth-order valence-electron chi connectivity index (χ4n) is 4.21. The van der Waals surface area contributed by atoms with E-state index in [0.717, 1.165) is 28.0 Å². The molecule has 5 heterocycles. The molecule has 10 nitrogen and oxygen atoms in total. The molecule has 1 N–H and O–H groups in total. The van der Waals surface area contributed by atoms with Crippen molar-refractivity contribution in [2.45, 2.75) is 33.3 Å². The van der Waals surface area contributed by atoms with Gasteiger partial charge in [0.15, 0.2) is 5.82 Å². The zero-order valence-electron chi connectivity index (χ0n) is 20.1. The van der Waals surface area contributed by atoms with E-state index >= 15 is 0 Å². The number of fused-ring (bicyclic) bond motifs is 1. The molecular weight excluding hydrogens is 466 g/mol. The largest absolute Gasteiger partial charge is 0.487 e. The Morgan fingerprint density at radius 2 is 1.89 bits per heavy atom. The molecule has 1 saturated heterocycles. The van der Waals surface area contributed by atoms with E-state index in [9.17, 15) is 8.42 Å². The number of nitrogens with zero attached hydrogens (tertiary/aromatic N) is 6. The lowest BCUT2D eigenvalue weighted by Crippen LogP contribution is -2.44. The van der Waals surface area contributed by atoms with Crippen LogP contribution in [0.5, 0.6) is 5.75 Å². The van der Waals surface area contributed by atoms with Gasteiger partial charge in [0.25, 0.3) is 0 Å². The molecule has 0 aliphatic carbocycles. The second-order valence-corrected chi connectivity index (χ2v) is 11.0. The molecule has 1 aliphatic rings. The molecular formula is C24H27N7O3S. The van der Waals surface area contributed by atoms with Gasteiger partial charge < -0.3 is 10.1 Å². The van der Waals surface area contributed by atoms with E-state index in [-0.39, 0.29) is 11.9 Å². The number of pyridine rings is 2. The van der Waals surface area contributed by atoms with Gasteiger partial charge in [-0.05, 0) is 44.5 Å². The summed E-state index contributed by atoms with van der Waals surface area (Å²) in [4.78, 5) is 13.1. The Balaban J connectivity index is 1.43. The highest BCUT2D eigenvalue weighted by atomic mass is 32.2. The number of sulfonamides is 1. The van der Waals surface area contributed by atoms with E-state index in [1.807, 2.05) is 57.3 Å². The van der Waals surface area contributed by atoms with Crippen molar-refractivity contribution in [3.8, 4) is 16.9 Å². The van der Waals surface area contributed by atoms with Crippen molar-refractivity contribution in [1.29, 1.82) is 0 Å². The van der Waals surface area contributed by atoms with Crippen LogP contribution in [0.15, 0.2) is 42.7 Å². The van der Waals surface area contributed by atoms with Crippen molar-refractivity contribution in [3.63, 3.8) is 0 Å². The van der Waals surface area contributed by atoms with Crippen LogP contribution in [0.1, 0.15) is 23.6 Å². The molecule has 0 amide bonds. The summed E-state index contributed by atoms with van der Waals surface area (Å²) in [6.45, 7) is 6.03. The van der Waals surface area contributed by atoms with Crippen molar-refractivity contribution in [1.82, 2.24) is 28.9 Å². The number of anilines is 2. The molecule has 0 aromatic carbocycles. The first-order valence-electron chi connectivity index (χ1n) is 11.3. The second kappa shape index (κ2) is 8.90. The summed E-state index contributed by atoms with van der Waals surface area (Å²) in [5, 5.41) is 7.84. The summed E-state index contributed by atoms with van der Waals surface area (Å²) < 4.78 is 33.5. The highest BCUT2D eigenvalue weighted by Gasteiger charge is 2.30. The third-order valence-corrected chi connectivity index (χ3v) is 7.78. The number of rotatable bonds is 5. The Morgan fingerprint density at radius 3 is 2.66 bits per heavy atom. The molecule has 11 heteroatoms. The highest BCUT2D eigenvalue weighted by molar-refractivity contribution is 7.89. The first kappa shape index (κ1) is 23.2. The lowest BCUT2D eigenvalue weighted by Gasteiger charge is -2.30. The van der Waals surface area contributed by atoms with Crippen molar-refractivity contribution >= 4 is 27.2 Å². The molecule has 1 unspecified atom stereocenters. The molecule has 35 heavy (non-hydrogen) atoms. The van der Waals surface area contributed by atoms with Crippen LogP contribution in [-0.4, -0.2) is 62.7 Å². The normalized spacial score (nSPS) is 18.0. The van der Waals surface area contributed by atoms with Gasteiger partial charge in [-0.2, -0.15) is 5.10 Å². The van der Waals surface area contributed by atoms with Gasteiger partial charge >= 0.3 is 0 Å². The van der Waals surface area contributed by atoms with Crippen LogP contribution in [0.4, 0.5) is 11.6 Å². The van der Waals surface area contributed by atoms with Gasteiger partial charge in [0.05, 0.1) is 24.0 Å². The lowest BCUT2D eigenvalue weighted by molar-refractivity contribution is 0.164. The van der Waals surface area contributed by atoms with Gasteiger partial charge in [0, 0.05) is 48.7 Å². The number of likely N-dealkylation sites (N-methyl/N-ethyl adjacent to an activating group) is 1. The van der Waals surface area contributed by atoms with Crippen LogP contribution in [0.25, 0.3) is 16.6 Å². The van der Waals surface area contributed by atoms with Gasteiger partial charge in [-0.1, -0.05) is 0 Å². The first-order valence-corrected chi connectivity index (χ1v) is 12.9. The van der Waals surface area contributed by atoms with Gasteiger partial charge in [-0.15, -0.1) is 0 Å². The maximum Gasteiger partial charge on any atom is 0.214 e. The van der Waals surface area contributed by atoms with Crippen LogP contribution in [-0.2, 0) is 10.0 Å². The monoisotopic (exact) mass is 493 g/mol. The highest BCUT2D eigenvalue weighted by Crippen LogP contribution is 2.33. The van der Waals surface area contributed by atoms with E-state index in [4.69, 9.17) is 4.74 Å². The average Bonchev–Trinajstić information content (AvgIpc) is 3.18. The number of nitrogens with one attached hydrogen (secondary N) is 1. The maximum absolute atomic E-state index is 12.0. The number of hydrogen-bond donors (Lipinski definition) is 1. The van der Waals surface area contributed by atoms with Crippen LogP contribution in [0, 0.1) is 20.8 Å². The quantitative estimate of drug-likeness (QED) is 0.451. The zero-order chi connectivity index (χ0) is 24.7. The third-order valence-electron chi connectivity index (χ3n) is 5.93. The van der Waals surface area contributed by atoms with Crippen molar-refractivity contribution in [3.05, 3.63) is 59.9 Å². The van der Waals surface area contributed by atoms with Crippen LogP contribution in [0.2, 0.25) is 0 Å². The van der Waals surface area contributed by atoms with E-state index in [1.165, 1.54) is 4.31 Å². The molecule has 0 bridgehead atoms. The fraction of sp³-hybridized carbons (Fsp3) is 0.333. The van der Waals surface area contributed by atoms with Gasteiger partial charge in [-0.25, -0.2) is 27.2 Å². The predicted molar refractivity (Wildman–Crippen MR) is 133 cm³/mol. The minimum absolute atomic E-state index is 0.0751. The van der Waals surface area contributed by atoms with E-state index < -0.39 is 10.0 Å². The van der Waals surface area contributed by atoms with Gasteiger partial charge in [-0.3, -0.25) is 4.98 Å². The van der Waals surface area contributed by atoms with Crippen molar-refractivity contribution in [2.75, 3.05) is 24.7 Å². The summed E-state index contributed by atoms with van der Waals surface area (Å²) in [5.41, 5.74) is 4.49. The van der Waals surface area contributed by atoms with Crippen LogP contribution >= 0.6 is 0 Å². The zero-order valence-corrected chi connectivity index (χ0v) is 20.9. The summed E-state index contributed by atoms with van der Waals surface area (Å²) in [7, 11) is -1.61. The van der Waals surface area contributed by atoms with Crippen molar-refractivity contribution < 1.29 is 13.2 Å². The fourth-order valence-corrected chi connectivity index (χ4v) is 5.47. The molecule has 4 aromatic rings. The smallest absolute Gasteiger partial charge is 0.214 e. The number of hydrogen-bond acceptors (Lipinski definition) is 8. The maximum atomic E-state index is 12.0. The SMILES string of the molecule is Cc1cc(-c2ccn3nc(Nc4cc(C)nc(C)n4)cc3c2)c(OC2CCS(=O)(=O)N(C)C2)cn1. The number of aromatic nitrogens is 5. The molecule has 1 fully saturated rings. The summed E-state index contributed by atoms with van der Waals surface area (Å²) >= 11 is 0. The Morgan fingerprint density at radius 1 is 1.06 bits per heavy atom. The molecule has 182 valence electrons. The topological polar surface area (TPSA) is 115 Å². The Bertz CT molecular complexity index is 1500. The van der Waals surface area contributed by atoms with E-state index in [0.29, 0.717) is 36.2 Å². The van der Waals surface area contributed by atoms with Crippen molar-refractivity contribution in [2.24, 2.45) is 0 Å². The molecule has 5 rings (SSSR count). The first-order chi connectivity index (χ1) is 16.7. The second-order valence-electron chi connectivity index (χ2n) is 8.83. The molecule has 1 aliphatic heterocycles.